The van der Waals surface area contributed by atoms with E-state index in [1.807, 2.05) is 18.2 Å². The highest BCUT2D eigenvalue weighted by Crippen LogP contribution is 2.36. The molecule has 0 unspecified atom stereocenters. The fraction of sp³-hybridized carbons (Fsp3) is 0.286. The number of rotatable bonds is 7. The van der Waals surface area contributed by atoms with Crippen LogP contribution < -0.4 is 5.32 Å². The van der Waals surface area contributed by atoms with Gasteiger partial charge >= 0.3 is 0 Å². The van der Waals surface area contributed by atoms with Crippen molar-refractivity contribution in [3.8, 4) is 5.75 Å². The summed E-state index contributed by atoms with van der Waals surface area (Å²) in [6, 6.07) is 26.9. The number of aliphatic hydroxyl groups is 1. The van der Waals surface area contributed by atoms with Gasteiger partial charge in [0.1, 0.15) is 5.75 Å². The summed E-state index contributed by atoms with van der Waals surface area (Å²) < 4.78 is 0. The maximum atomic E-state index is 9.83. The summed E-state index contributed by atoms with van der Waals surface area (Å²) >= 11 is 0. The normalized spacial score (nSPS) is 15.5. The highest BCUT2D eigenvalue weighted by atomic mass is 16.3. The zero-order chi connectivity index (χ0) is 21.5. The number of hydrogen-bond donors (Lipinski definition) is 3. The standard InChI is InChI=1S/C28H31NO2/c30-20-4-7-27(23-5-2-1-3-6-23)28(25-12-14-26(31)15-13-25)24-10-8-21(9-11-24)22-16-18-29-19-17-22/h1-3,5-6,8-15,22,29-31H,4,7,16-20H2/b28-27+. The average molecular weight is 414 g/mol. The summed E-state index contributed by atoms with van der Waals surface area (Å²) in [4.78, 5) is 0. The Morgan fingerprint density at radius 3 is 2.00 bits per heavy atom. The minimum Gasteiger partial charge on any atom is -0.508 e. The summed E-state index contributed by atoms with van der Waals surface area (Å²) in [5, 5.41) is 22.8. The molecular formula is C28H31NO2. The molecule has 3 nitrogen and oxygen atoms in total. The SMILES string of the molecule is OCCC/C(=C(\c1ccc(O)cc1)c1ccc(C2CCNCC2)cc1)c1ccccc1. The number of allylic oxidation sites excluding steroid dienone is 1. The molecule has 1 aliphatic heterocycles. The van der Waals surface area contributed by atoms with Gasteiger partial charge < -0.3 is 15.5 Å². The van der Waals surface area contributed by atoms with Gasteiger partial charge in [-0.15, -0.1) is 0 Å². The van der Waals surface area contributed by atoms with Gasteiger partial charge in [-0.1, -0.05) is 66.7 Å². The van der Waals surface area contributed by atoms with Gasteiger partial charge in [0.15, 0.2) is 0 Å². The predicted octanol–water partition coefficient (Wildman–Crippen LogP) is 5.59. The number of benzene rings is 3. The van der Waals surface area contributed by atoms with Crippen LogP contribution in [0.25, 0.3) is 11.1 Å². The molecule has 31 heavy (non-hydrogen) atoms. The highest BCUT2D eigenvalue weighted by molar-refractivity contribution is 5.98. The Morgan fingerprint density at radius 1 is 0.774 bits per heavy atom. The second kappa shape index (κ2) is 10.4. The van der Waals surface area contributed by atoms with Gasteiger partial charge in [0.2, 0.25) is 0 Å². The van der Waals surface area contributed by atoms with E-state index in [1.54, 1.807) is 12.1 Å². The molecule has 3 aromatic rings. The quantitative estimate of drug-likeness (QED) is 0.443. The Kier molecular flexibility index (Phi) is 7.18. The molecule has 0 atom stereocenters. The molecule has 0 amide bonds. The van der Waals surface area contributed by atoms with Crippen molar-refractivity contribution in [3.63, 3.8) is 0 Å². The molecule has 3 heteroatoms. The summed E-state index contributed by atoms with van der Waals surface area (Å²) in [5.74, 6) is 0.889. The second-order valence-corrected chi connectivity index (χ2v) is 8.24. The lowest BCUT2D eigenvalue weighted by molar-refractivity contribution is 0.290. The van der Waals surface area contributed by atoms with Crippen LogP contribution in [0.5, 0.6) is 5.75 Å². The first-order valence-electron chi connectivity index (χ1n) is 11.3. The first kappa shape index (κ1) is 21.4. The number of phenolic OH excluding ortho intramolecular Hbond substituents is 1. The van der Waals surface area contributed by atoms with Gasteiger partial charge in [-0.2, -0.15) is 0 Å². The monoisotopic (exact) mass is 413 g/mol. The predicted molar refractivity (Wildman–Crippen MR) is 128 cm³/mol. The molecule has 3 aromatic carbocycles. The van der Waals surface area contributed by atoms with Gasteiger partial charge in [0.25, 0.3) is 0 Å². The molecule has 0 radical (unpaired) electrons. The molecule has 0 saturated carbocycles. The lowest BCUT2D eigenvalue weighted by Crippen LogP contribution is -2.26. The molecule has 1 heterocycles. The molecule has 1 aliphatic rings. The van der Waals surface area contributed by atoms with Crippen molar-refractivity contribution < 1.29 is 10.2 Å². The van der Waals surface area contributed by atoms with Crippen molar-refractivity contribution in [1.29, 1.82) is 0 Å². The van der Waals surface area contributed by atoms with E-state index < -0.39 is 0 Å². The third-order valence-electron chi connectivity index (χ3n) is 6.17. The Hall–Kier alpha value is -2.88. The average Bonchev–Trinajstić information content (AvgIpc) is 2.84. The topological polar surface area (TPSA) is 52.5 Å². The number of aromatic hydroxyl groups is 1. The number of piperidine rings is 1. The van der Waals surface area contributed by atoms with Crippen LogP contribution in [0.1, 0.15) is 53.9 Å². The van der Waals surface area contributed by atoms with E-state index in [2.05, 4.69) is 53.8 Å². The van der Waals surface area contributed by atoms with E-state index in [0.717, 1.165) is 30.6 Å². The molecule has 4 rings (SSSR count). The number of phenols is 1. The van der Waals surface area contributed by atoms with Crippen molar-refractivity contribution in [2.75, 3.05) is 19.7 Å². The summed E-state index contributed by atoms with van der Waals surface area (Å²) in [6.07, 6.45) is 3.86. The first-order valence-corrected chi connectivity index (χ1v) is 11.3. The third kappa shape index (κ3) is 5.25. The molecule has 0 aliphatic carbocycles. The van der Waals surface area contributed by atoms with Gasteiger partial charge in [-0.05, 0) is 90.2 Å². The van der Waals surface area contributed by atoms with E-state index in [9.17, 15) is 10.2 Å². The Balaban J connectivity index is 1.81. The molecule has 3 N–H and O–H groups in total. The van der Waals surface area contributed by atoms with Gasteiger partial charge in [-0.25, -0.2) is 0 Å². The Bertz CT molecular complexity index is 985. The fourth-order valence-electron chi connectivity index (χ4n) is 4.53. The summed E-state index contributed by atoms with van der Waals surface area (Å²) in [6.45, 7) is 2.34. The van der Waals surface area contributed by atoms with E-state index in [1.165, 1.54) is 35.1 Å². The van der Waals surface area contributed by atoms with Crippen molar-refractivity contribution in [3.05, 3.63) is 101 Å². The van der Waals surface area contributed by atoms with Crippen LogP contribution in [0.2, 0.25) is 0 Å². The Labute approximate surface area is 185 Å². The first-order chi connectivity index (χ1) is 15.3. The minimum absolute atomic E-state index is 0.161. The van der Waals surface area contributed by atoms with E-state index >= 15 is 0 Å². The van der Waals surface area contributed by atoms with Gasteiger partial charge in [0.05, 0.1) is 0 Å². The molecule has 0 bridgehead atoms. The highest BCUT2D eigenvalue weighted by Gasteiger charge is 2.17. The maximum Gasteiger partial charge on any atom is 0.115 e. The zero-order valence-corrected chi connectivity index (χ0v) is 17.9. The van der Waals surface area contributed by atoms with Gasteiger partial charge in [-0.3, -0.25) is 0 Å². The minimum atomic E-state index is 0.161. The molecule has 0 aromatic heterocycles. The van der Waals surface area contributed by atoms with Crippen molar-refractivity contribution in [2.45, 2.75) is 31.6 Å². The van der Waals surface area contributed by atoms with Crippen LogP contribution in [0.15, 0.2) is 78.9 Å². The van der Waals surface area contributed by atoms with E-state index in [-0.39, 0.29) is 12.4 Å². The van der Waals surface area contributed by atoms with Crippen LogP contribution in [0.4, 0.5) is 0 Å². The van der Waals surface area contributed by atoms with Gasteiger partial charge in [0, 0.05) is 6.61 Å². The van der Waals surface area contributed by atoms with Crippen LogP contribution >= 0.6 is 0 Å². The summed E-state index contributed by atoms with van der Waals surface area (Å²) in [7, 11) is 0. The van der Waals surface area contributed by atoms with Crippen molar-refractivity contribution in [2.24, 2.45) is 0 Å². The smallest absolute Gasteiger partial charge is 0.115 e. The lowest BCUT2D eigenvalue weighted by atomic mass is 9.85. The summed E-state index contributed by atoms with van der Waals surface area (Å²) in [5.41, 5.74) is 7.20. The maximum absolute atomic E-state index is 9.83. The zero-order valence-electron chi connectivity index (χ0n) is 17.9. The molecule has 1 saturated heterocycles. The third-order valence-corrected chi connectivity index (χ3v) is 6.17. The molecular weight excluding hydrogens is 382 g/mol. The largest absolute Gasteiger partial charge is 0.508 e. The fourth-order valence-corrected chi connectivity index (χ4v) is 4.53. The van der Waals surface area contributed by atoms with Crippen LogP contribution in [-0.4, -0.2) is 29.9 Å². The molecule has 0 spiro atoms. The number of hydrogen-bond acceptors (Lipinski definition) is 3. The Morgan fingerprint density at radius 2 is 1.39 bits per heavy atom. The second-order valence-electron chi connectivity index (χ2n) is 8.24. The van der Waals surface area contributed by atoms with Crippen LogP contribution in [0, 0.1) is 0 Å². The molecule has 160 valence electrons. The lowest BCUT2D eigenvalue weighted by Gasteiger charge is -2.23. The van der Waals surface area contributed by atoms with Crippen molar-refractivity contribution in [1.82, 2.24) is 5.32 Å². The van der Waals surface area contributed by atoms with Crippen molar-refractivity contribution >= 4 is 11.1 Å². The van der Waals surface area contributed by atoms with E-state index in [0.29, 0.717) is 12.3 Å². The van der Waals surface area contributed by atoms with Crippen LogP contribution in [-0.2, 0) is 0 Å². The van der Waals surface area contributed by atoms with E-state index in [4.69, 9.17) is 0 Å². The number of nitrogens with one attached hydrogen (secondary N) is 1. The number of aliphatic hydroxyl groups excluding tert-OH is 1. The molecule has 1 fully saturated rings. The van der Waals surface area contributed by atoms with Crippen LogP contribution in [0.3, 0.4) is 0 Å².